The summed E-state index contributed by atoms with van der Waals surface area (Å²) in [5.74, 6) is -4.09. The Kier molecular flexibility index (Phi) is 6.13. The first-order chi connectivity index (χ1) is 15.7. The minimum absolute atomic E-state index is 0.207. The summed E-state index contributed by atoms with van der Waals surface area (Å²) in [7, 11) is 1.74. The highest BCUT2D eigenvalue weighted by atomic mass is 19.1. The van der Waals surface area contributed by atoms with Crippen molar-refractivity contribution in [2.24, 2.45) is 0 Å². The number of carboxylic acids is 1. The molecule has 1 fully saturated rings. The largest absolute Gasteiger partial charge is 0.477 e. The summed E-state index contributed by atoms with van der Waals surface area (Å²) in [6.07, 6.45) is 0.346. The molecule has 2 atom stereocenters. The normalized spacial score (nSPS) is 18.6. The van der Waals surface area contributed by atoms with Crippen molar-refractivity contribution in [1.29, 1.82) is 0 Å². The summed E-state index contributed by atoms with van der Waals surface area (Å²) >= 11 is 0. The minimum Gasteiger partial charge on any atom is -0.477 e. The molecular formula is C23H22F3N3O4. The highest BCUT2D eigenvalue weighted by Crippen LogP contribution is 2.33. The van der Waals surface area contributed by atoms with Crippen LogP contribution >= 0.6 is 0 Å². The van der Waals surface area contributed by atoms with Crippen LogP contribution < -0.4 is 15.6 Å². The van der Waals surface area contributed by atoms with E-state index in [1.807, 2.05) is 0 Å². The molecule has 10 heteroatoms. The number of carboxylic acid groups (broad SMARTS) is 1. The average Bonchev–Trinajstić information content (AvgIpc) is 2.75. The van der Waals surface area contributed by atoms with E-state index in [0.29, 0.717) is 6.54 Å². The Bertz CT molecular complexity index is 1280. The quantitative estimate of drug-likeness (QED) is 0.608. The summed E-state index contributed by atoms with van der Waals surface area (Å²) in [5, 5.41) is 12.0. The SMILES string of the molecule is CNCC1CN(c2c(F)cc3c(=O)c(C(=O)O)cn(-c4ccc(F)cc4)c3c2F)CC(C)O1. The lowest BCUT2D eigenvalue weighted by molar-refractivity contribution is -0.0141. The number of hydrogen-bond donors (Lipinski definition) is 2. The van der Waals surface area contributed by atoms with Gasteiger partial charge in [-0.25, -0.2) is 18.0 Å². The van der Waals surface area contributed by atoms with E-state index in [1.54, 1.807) is 14.0 Å². The fourth-order valence-electron chi connectivity index (χ4n) is 4.22. The Balaban J connectivity index is 1.99. The van der Waals surface area contributed by atoms with E-state index in [9.17, 15) is 19.1 Å². The summed E-state index contributed by atoms with van der Waals surface area (Å²) in [5.41, 5.74) is -2.09. The van der Waals surface area contributed by atoms with Gasteiger partial charge in [-0.2, -0.15) is 0 Å². The topological polar surface area (TPSA) is 83.8 Å². The second-order valence-electron chi connectivity index (χ2n) is 7.97. The van der Waals surface area contributed by atoms with E-state index in [1.165, 1.54) is 17.0 Å². The number of hydrogen-bond acceptors (Lipinski definition) is 5. The standard InChI is InChI=1S/C23H22F3N3O4/c1-12-9-28(10-15(33-12)8-27-2)21-18(25)7-16-20(19(21)26)29(11-17(22(16)30)23(31)32)14-5-3-13(24)4-6-14/h3-7,11-12,15,27H,8-10H2,1-2H3,(H,31,32). The van der Waals surface area contributed by atoms with Gasteiger partial charge in [-0.15, -0.1) is 0 Å². The molecule has 0 radical (unpaired) electrons. The van der Waals surface area contributed by atoms with Crippen LogP contribution in [0.3, 0.4) is 0 Å². The molecule has 2 heterocycles. The van der Waals surface area contributed by atoms with E-state index in [2.05, 4.69) is 5.32 Å². The Labute approximate surface area is 187 Å². The first kappa shape index (κ1) is 22.8. The lowest BCUT2D eigenvalue weighted by Gasteiger charge is -2.38. The predicted octanol–water partition coefficient (Wildman–Crippen LogP) is 2.92. The first-order valence-electron chi connectivity index (χ1n) is 10.3. The van der Waals surface area contributed by atoms with E-state index >= 15 is 8.78 Å². The highest BCUT2D eigenvalue weighted by molar-refractivity contribution is 5.94. The number of anilines is 1. The number of halogens is 3. The fourth-order valence-corrected chi connectivity index (χ4v) is 4.22. The van der Waals surface area contributed by atoms with Crippen LogP contribution in [0, 0.1) is 17.5 Å². The molecule has 2 N–H and O–H groups in total. The molecule has 2 aromatic carbocycles. The molecule has 1 saturated heterocycles. The van der Waals surface area contributed by atoms with Crippen LogP contribution in [0.1, 0.15) is 17.3 Å². The van der Waals surface area contributed by atoms with E-state index in [-0.39, 0.29) is 42.2 Å². The summed E-state index contributed by atoms with van der Waals surface area (Å²) in [6, 6.07) is 5.72. The highest BCUT2D eigenvalue weighted by Gasteiger charge is 2.31. The molecule has 3 aromatic rings. The van der Waals surface area contributed by atoms with Crippen molar-refractivity contribution in [2.45, 2.75) is 19.1 Å². The number of rotatable bonds is 5. The number of aromatic nitrogens is 1. The minimum atomic E-state index is -1.54. The molecule has 4 rings (SSSR count). The Morgan fingerprint density at radius 2 is 1.91 bits per heavy atom. The zero-order valence-corrected chi connectivity index (χ0v) is 17.9. The number of pyridine rings is 1. The first-order valence-corrected chi connectivity index (χ1v) is 10.3. The van der Waals surface area contributed by atoms with Gasteiger partial charge in [0.2, 0.25) is 5.43 Å². The van der Waals surface area contributed by atoms with Gasteiger partial charge < -0.3 is 24.6 Å². The second-order valence-corrected chi connectivity index (χ2v) is 7.97. The van der Waals surface area contributed by atoms with Gasteiger partial charge in [0.05, 0.1) is 23.1 Å². The number of morpholine rings is 1. The maximum absolute atomic E-state index is 16.0. The van der Waals surface area contributed by atoms with E-state index in [4.69, 9.17) is 4.74 Å². The second kappa shape index (κ2) is 8.87. The number of aromatic carboxylic acids is 1. The third-order valence-corrected chi connectivity index (χ3v) is 5.57. The molecule has 1 aliphatic heterocycles. The molecule has 0 saturated carbocycles. The van der Waals surface area contributed by atoms with Crippen molar-refractivity contribution in [2.75, 3.05) is 31.6 Å². The number of fused-ring (bicyclic) bond motifs is 1. The lowest BCUT2D eigenvalue weighted by atomic mass is 10.1. The smallest absolute Gasteiger partial charge is 0.341 e. The van der Waals surface area contributed by atoms with Crippen LogP contribution in [0.4, 0.5) is 18.9 Å². The van der Waals surface area contributed by atoms with Gasteiger partial charge in [-0.05, 0) is 44.3 Å². The van der Waals surface area contributed by atoms with Gasteiger partial charge in [0, 0.05) is 31.5 Å². The summed E-state index contributed by atoms with van der Waals surface area (Å²) in [4.78, 5) is 25.9. The number of nitrogens with zero attached hydrogens (tertiary/aromatic N) is 2. The number of carbonyl (C=O) groups is 1. The van der Waals surface area contributed by atoms with Crippen molar-refractivity contribution in [3.05, 3.63) is 69.8 Å². The van der Waals surface area contributed by atoms with Gasteiger partial charge in [-0.1, -0.05) is 0 Å². The Morgan fingerprint density at radius 3 is 2.55 bits per heavy atom. The molecule has 0 amide bonds. The van der Waals surface area contributed by atoms with Crippen molar-refractivity contribution in [3.8, 4) is 5.69 Å². The van der Waals surface area contributed by atoms with Gasteiger partial charge >= 0.3 is 5.97 Å². The maximum atomic E-state index is 16.0. The van der Waals surface area contributed by atoms with Gasteiger partial charge in [-0.3, -0.25) is 4.79 Å². The van der Waals surface area contributed by atoms with E-state index < -0.39 is 39.8 Å². The van der Waals surface area contributed by atoms with Crippen molar-refractivity contribution in [3.63, 3.8) is 0 Å². The van der Waals surface area contributed by atoms with Crippen LogP contribution in [0.5, 0.6) is 0 Å². The lowest BCUT2D eigenvalue weighted by Crippen LogP contribution is -2.50. The third kappa shape index (κ3) is 4.19. The molecule has 0 aliphatic carbocycles. The monoisotopic (exact) mass is 461 g/mol. The molecular weight excluding hydrogens is 439 g/mol. The fraction of sp³-hybridized carbons (Fsp3) is 0.304. The van der Waals surface area contributed by atoms with E-state index in [0.717, 1.165) is 29.0 Å². The van der Waals surface area contributed by atoms with Crippen LogP contribution in [0.2, 0.25) is 0 Å². The Hall–Kier alpha value is -3.37. The molecule has 0 spiro atoms. The van der Waals surface area contributed by atoms with Crippen LogP contribution in [0.25, 0.3) is 16.6 Å². The zero-order chi connectivity index (χ0) is 23.9. The van der Waals surface area contributed by atoms with Gasteiger partial charge in [0.15, 0.2) is 5.82 Å². The van der Waals surface area contributed by atoms with Crippen LogP contribution in [-0.4, -0.2) is 54.5 Å². The summed E-state index contributed by atoms with van der Waals surface area (Å²) < 4.78 is 51.6. The molecule has 33 heavy (non-hydrogen) atoms. The molecule has 2 unspecified atom stereocenters. The van der Waals surface area contributed by atoms with Crippen molar-refractivity contribution < 1.29 is 27.8 Å². The van der Waals surface area contributed by atoms with Crippen molar-refractivity contribution >= 4 is 22.6 Å². The number of benzene rings is 2. The van der Waals surface area contributed by atoms with Gasteiger partial charge in [0.1, 0.15) is 22.9 Å². The number of likely N-dealkylation sites (N-methyl/N-ethyl adjacent to an activating group) is 1. The average molecular weight is 461 g/mol. The summed E-state index contributed by atoms with van der Waals surface area (Å²) in [6.45, 7) is 2.69. The Morgan fingerprint density at radius 1 is 1.21 bits per heavy atom. The third-order valence-electron chi connectivity index (χ3n) is 5.57. The van der Waals surface area contributed by atoms with Crippen molar-refractivity contribution in [1.82, 2.24) is 9.88 Å². The molecule has 7 nitrogen and oxygen atoms in total. The predicted molar refractivity (Wildman–Crippen MR) is 117 cm³/mol. The van der Waals surface area contributed by atoms with Gasteiger partial charge in [0.25, 0.3) is 0 Å². The van der Waals surface area contributed by atoms with Crippen LogP contribution in [-0.2, 0) is 4.74 Å². The molecule has 174 valence electrons. The maximum Gasteiger partial charge on any atom is 0.341 e. The molecule has 1 aliphatic rings. The molecule has 0 bridgehead atoms. The number of ether oxygens (including phenoxy) is 1. The number of nitrogens with one attached hydrogen (secondary N) is 1. The van der Waals surface area contributed by atoms with Crippen LogP contribution in [0.15, 0.2) is 41.3 Å². The molecule has 1 aromatic heterocycles. The zero-order valence-electron chi connectivity index (χ0n) is 17.9.